The maximum atomic E-state index is 4.51. The Morgan fingerprint density at radius 2 is 2.05 bits per heavy atom. The molecule has 4 rings (SSSR count). The van der Waals surface area contributed by atoms with E-state index >= 15 is 0 Å². The molecule has 0 atom stereocenters. The Morgan fingerprint density at radius 3 is 2.86 bits per heavy atom. The molecule has 22 heavy (non-hydrogen) atoms. The molecule has 2 aromatic carbocycles. The number of imidazole rings is 1. The van der Waals surface area contributed by atoms with E-state index in [0.717, 1.165) is 33.0 Å². The van der Waals surface area contributed by atoms with Gasteiger partial charge in [-0.2, -0.15) is 0 Å². The van der Waals surface area contributed by atoms with Crippen molar-refractivity contribution >= 4 is 28.1 Å². The van der Waals surface area contributed by atoms with E-state index in [1.54, 1.807) is 11.3 Å². The quantitative estimate of drug-likeness (QED) is 0.617. The SMILES string of the molecule is CNc1ccc2c(c1)ncn2-c1cccc(-c2nccs2)c1. The summed E-state index contributed by atoms with van der Waals surface area (Å²) in [7, 11) is 1.91. The largest absolute Gasteiger partial charge is 0.388 e. The summed E-state index contributed by atoms with van der Waals surface area (Å²) >= 11 is 1.65. The van der Waals surface area contributed by atoms with Crippen molar-refractivity contribution in [1.29, 1.82) is 0 Å². The Morgan fingerprint density at radius 1 is 1.09 bits per heavy atom. The van der Waals surface area contributed by atoms with Gasteiger partial charge in [-0.15, -0.1) is 11.3 Å². The van der Waals surface area contributed by atoms with Crippen molar-refractivity contribution in [2.45, 2.75) is 0 Å². The molecule has 4 nitrogen and oxygen atoms in total. The van der Waals surface area contributed by atoms with Crippen LogP contribution in [-0.2, 0) is 0 Å². The Kier molecular flexibility index (Phi) is 3.12. The minimum absolute atomic E-state index is 0.978. The van der Waals surface area contributed by atoms with Crippen LogP contribution in [0.25, 0.3) is 27.3 Å². The maximum absolute atomic E-state index is 4.51. The molecule has 0 saturated heterocycles. The zero-order valence-corrected chi connectivity index (χ0v) is 12.8. The van der Waals surface area contributed by atoms with Crippen molar-refractivity contribution in [2.24, 2.45) is 0 Å². The standard InChI is InChI=1S/C17H14N4S/c1-18-13-5-6-16-15(10-13)20-11-21(16)14-4-2-3-12(9-14)17-19-7-8-22-17/h2-11,18H,1H3. The van der Waals surface area contributed by atoms with Crippen LogP contribution in [0.15, 0.2) is 60.4 Å². The van der Waals surface area contributed by atoms with Gasteiger partial charge < -0.3 is 5.32 Å². The van der Waals surface area contributed by atoms with Crippen molar-refractivity contribution in [3.8, 4) is 16.3 Å². The van der Waals surface area contributed by atoms with Gasteiger partial charge in [0.05, 0.1) is 11.0 Å². The lowest BCUT2D eigenvalue weighted by molar-refractivity contribution is 1.09. The minimum atomic E-state index is 0.978. The molecule has 108 valence electrons. The van der Waals surface area contributed by atoms with Gasteiger partial charge in [0, 0.05) is 35.6 Å². The third-order valence-electron chi connectivity index (χ3n) is 3.64. The van der Waals surface area contributed by atoms with E-state index in [1.807, 2.05) is 25.0 Å². The summed E-state index contributed by atoms with van der Waals surface area (Å²) in [5, 5.41) is 6.16. The number of aromatic nitrogens is 3. The third-order valence-corrected chi connectivity index (χ3v) is 4.46. The number of hydrogen-bond donors (Lipinski definition) is 1. The summed E-state index contributed by atoms with van der Waals surface area (Å²) in [4.78, 5) is 8.89. The number of benzene rings is 2. The van der Waals surface area contributed by atoms with Crippen LogP contribution in [0.5, 0.6) is 0 Å². The first-order valence-corrected chi connectivity index (χ1v) is 7.88. The second-order valence-electron chi connectivity index (χ2n) is 4.96. The maximum Gasteiger partial charge on any atom is 0.123 e. The highest BCUT2D eigenvalue weighted by Gasteiger charge is 2.07. The van der Waals surface area contributed by atoms with E-state index in [0.29, 0.717) is 0 Å². The Balaban J connectivity index is 1.84. The number of nitrogens with one attached hydrogen (secondary N) is 1. The molecular weight excluding hydrogens is 292 g/mol. The van der Waals surface area contributed by atoms with Crippen LogP contribution >= 0.6 is 11.3 Å². The molecule has 1 N–H and O–H groups in total. The van der Waals surface area contributed by atoms with Gasteiger partial charge in [0.1, 0.15) is 11.3 Å². The second-order valence-corrected chi connectivity index (χ2v) is 5.85. The third kappa shape index (κ3) is 2.16. The summed E-state index contributed by atoms with van der Waals surface area (Å²) < 4.78 is 2.10. The van der Waals surface area contributed by atoms with Crippen LogP contribution < -0.4 is 5.32 Å². The van der Waals surface area contributed by atoms with Crippen molar-refractivity contribution in [3.63, 3.8) is 0 Å². The molecule has 0 fully saturated rings. The molecule has 5 heteroatoms. The van der Waals surface area contributed by atoms with Gasteiger partial charge in [0.25, 0.3) is 0 Å². The molecule has 0 amide bonds. The second kappa shape index (κ2) is 5.27. The fraction of sp³-hybridized carbons (Fsp3) is 0.0588. The predicted molar refractivity (Wildman–Crippen MR) is 91.7 cm³/mol. The van der Waals surface area contributed by atoms with Crippen molar-refractivity contribution < 1.29 is 0 Å². The average Bonchev–Trinajstić information content (AvgIpc) is 3.24. The molecule has 0 unspecified atom stereocenters. The first-order chi connectivity index (χ1) is 10.8. The molecule has 0 bridgehead atoms. The van der Waals surface area contributed by atoms with Gasteiger partial charge in [-0.25, -0.2) is 9.97 Å². The molecule has 0 spiro atoms. The number of nitrogens with zero attached hydrogens (tertiary/aromatic N) is 3. The lowest BCUT2D eigenvalue weighted by atomic mass is 10.2. The number of hydrogen-bond acceptors (Lipinski definition) is 4. The Bertz CT molecular complexity index is 925. The topological polar surface area (TPSA) is 42.7 Å². The van der Waals surface area contributed by atoms with E-state index in [9.17, 15) is 0 Å². The average molecular weight is 306 g/mol. The fourth-order valence-corrected chi connectivity index (χ4v) is 3.16. The van der Waals surface area contributed by atoms with Crippen molar-refractivity contribution in [3.05, 3.63) is 60.4 Å². The van der Waals surface area contributed by atoms with Gasteiger partial charge in [0.2, 0.25) is 0 Å². The predicted octanol–water partition coefficient (Wildman–Crippen LogP) is 4.19. The van der Waals surface area contributed by atoms with Gasteiger partial charge >= 0.3 is 0 Å². The summed E-state index contributed by atoms with van der Waals surface area (Å²) in [5.41, 5.74) is 5.35. The van der Waals surface area contributed by atoms with E-state index < -0.39 is 0 Å². The van der Waals surface area contributed by atoms with Crippen molar-refractivity contribution in [2.75, 3.05) is 12.4 Å². The van der Waals surface area contributed by atoms with Crippen molar-refractivity contribution in [1.82, 2.24) is 14.5 Å². The molecule has 0 aliphatic rings. The van der Waals surface area contributed by atoms with Gasteiger partial charge in [-0.05, 0) is 30.3 Å². The van der Waals surface area contributed by atoms with Crippen LogP contribution in [0, 0.1) is 0 Å². The van der Waals surface area contributed by atoms with Crippen LogP contribution in [0.4, 0.5) is 5.69 Å². The zero-order valence-electron chi connectivity index (χ0n) is 12.0. The van der Waals surface area contributed by atoms with E-state index in [1.165, 1.54) is 0 Å². The normalized spacial score (nSPS) is 11.0. The molecule has 4 aromatic rings. The summed E-state index contributed by atoms with van der Waals surface area (Å²) in [6, 6.07) is 14.6. The number of fused-ring (bicyclic) bond motifs is 1. The zero-order chi connectivity index (χ0) is 14.9. The van der Waals surface area contributed by atoms with E-state index in [2.05, 4.69) is 62.3 Å². The summed E-state index contributed by atoms with van der Waals surface area (Å²) in [5.74, 6) is 0. The molecule has 0 aliphatic heterocycles. The number of anilines is 1. The molecular formula is C17H14N4S. The smallest absolute Gasteiger partial charge is 0.123 e. The molecule has 0 aliphatic carbocycles. The summed E-state index contributed by atoms with van der Waals surface area (Å²) in [6.07, 6.45) is 3.70. The van der Waals surface area contributed by atoms with Gasteiger partial charge in [-0.1, -0.05) is 12.1 Å². The van der Waals surface area contributed by atoms with E-state index in [4.69, 9.17) is 0 Å². The molecule has 2 heterocycles. The highest BCUT2D eigenvalue weighted by Crippen LogP contribution is 2.26. The highest BCUT2D eigenvalue weighted by atomic mass is 32.1. The lowest BCUT2D eigenvalue weighted by Gasteiger charge is -2.06. The Labute approximate surface area is 132 Å². The first kappa shape index (κ1) is 13.0. The first-order valence-electron chi connectivity index (χ1n) is 7.00. The monoisotopic (exact) mass is 306 g/mol. The van der Waals surface area contributed by atoms with Gasteiger partial charge in [0.15, 0.2) is 0 Å². The van der Waals surface area contributed by atoms with Crippen LogP contribution in [0.1, 0.15) is 0 Å². The lowest BCUT2D eigenvalue weighted by Crippen LogP contribution is -1.93. The molecule has 2 aromatic heterocycles. The highest BCUT2D eigenvalue weighted by molar-refractivity contribution is 7.13. The molecule has 0 saturated carbocycles. The number of rotatable bonds is 3. The number of thiazole rings is 1. The summed E-state index contributed by atoms with van der Waals surface area (Å²) in [6.45, 7) is 0. The van der Waals surface area contributed by atoms with Crippen LogP contribution in [0.3, 0.4) is 0 Å². The van der Waals surface area contributed by atoms with Crippen LogP contribution in [0.2, 0.25) is 0 Å². The Hall–Kier alpha value is -2.66. The molecule has 0 radical (unpaired) electrons. The minimum Gasteiger partial charge on any atom is -0.388 e. The fourth-order valence-electron chi connectivity index (χ4n) is 2.53. The van der Waals surface area contributed by atoms with Crippen LogP contribution in [-0.4, -0.2) is 21.6 Å². The van der Waals surface area contributed by atoms with E-state index in [-0.39, 0.29) is 0 Å². The van der Waals surface area contributed by atoms with Gasteiger partial charge in [-0.3, -0.25) is 4.57 Å².